The minimum Gasteiger partial charge on any atom is -0.492 e. The fourth-order valence-electron chi connectivity index (χ4n) is 1.85. The molecule has 2 rings (SSSR count). The molecule has 1 aliphatic rings. The van der Waals surface area contributed by atoms with Gasteiger partial charge in [-0.05, 0) is 37.5 Å². The first-order chi connectivity index (χ1) is 8.69. The van der Waals surface area contributed by atoms with Crippen LogP contribution in [-0.2, 0) is 6.54 Å². The first-order valence-corrected chi connectivity index (χ1v) is 6.60. The summed E-state index contributed by atoms with van der Waals surface area (Å²) in [4.78, 5) is 0. The molecule has 0 spiro atoms. The van der Waals surface area contributed by atoms with Crippen molar-refractivity contribution in [3.8, 4) is 11.8 Å². The van der Waals surface area contributed by atoms with Crippen molar-refractivity contribution in [2.24, 2.45) is 5.41 Å². The zero-order chi connectivity index (χ0) is 13.0. The lowest BCUT2D eigenvalue weighted by Gasteiger charge is -2.10. The molecule has 0 saturated heterocycles. The van der Waals surface area contributed by atoms with Crippen LogP contribution in [0.2, 0.25) is 5.02 Å². The van der Waals surface area contributed by atoms with Crippen molar-refractivity contribution < 1.29 is 4.74 Å². The van der Waals surface area contributed by atoms with E-state index in [1.54, 1.807) is 0 Å². The molecule has 0 radical (unpaired) electrons. The normalized spacial score (nSPS) is 16.1. The highest BCUT2D eigenvalue weighted by atomic mass is 35.5. The second-order valence-corrected chi connectivity index (χ2v) is 5.10. The van der Waals surface area contributed by atoms with E-state index in [4.69, 9.17) is 21.6 Å². The molecule has 0 aliphatic heterocycles. The van der Waals surface area contributed by atoms with Gasteiger partial charge in [0, 0.05) is 13.1 Å². The number of nitrogens with one attached hydrogen (secondary N) is 1. The van der Waals surface area contributed by atoms with Crippen LogP contribution >= 0.6 is 11.6 Å². The van der Waals surface area contributed by atoms with Crippen LogP contribution in [0.4, 0.5) is 0 Å². The number of hydrogen-bond donors (Lipinski definition) is 1. The van der Waals surface area contributed by atoms with E-state index < -0.39 is 0 Å². The van der Waals surface area contributed by atoms with Gasteiger partial charge in [-0.3, -0.25) is 0 Å². The van der Waals surface area contributed by atoms with E-state index in [0.717, 1.165) is 37.2 Å². The van der Waals surface area contributed by atoms with Crippen LogP contribution in [0.25, 0.3) is 0 Å². The first-order valence-electron chi connectivity index (χ1n) is 6.22. The van der Waals surface area contributed by atoms with E-state index in [9.17, 15) is 0 Å². The first kappa shape index (κ1) is 13.2. The van der Waals surface area contributed by atoms with Crippen molar-refractivity contribution in [3.05, 3.63) is 28.8 Å². The fraction of sp³-hybridized carbons (Fsp3) is 0.500. The monoisotopic (exact) mass is 264 g/mol. The Kier molecular flexibility index (Phi) is 4.11. The molecule has 96 valence electrons. The summed E-state index contributed by atoms with van der Waals surface area (Å²) in [5.74, 6) is 0.721. The minimum absolute atomic E-state index is 0.102. The van der Waals surface area contributed by atoms with Crippen LogP contribution in [0.3, 0.4) is 0 Å². The highest BCUT2D eigenvalue weighted by Crippen LogP contribution is 2.44. The van der Waals surface area contributed by atoms with E-state index in [2.05, 4.69) is 11.4 Å². The van der Waals surface area contributed by atoms with Crippen LogP contribution in [0, 0.1) is 16.7 Å². The Morgan fingerprint density at radius 1 is 1.50 bits per heavy atom. The molecule has 1 aromatic rings. The Labute approximate surface area is 113 Å². The molecule has 18 heavy (non-hydrogen) atoms. The maximum absolute atomic E-state index is 8.97. The van der Waals surface area contributed by atoms with Gasteiger partial charge in [-0.15, -0.1) is 0 Å². The van der Waals surface area contributed by atoms with Gasteiger partial charge >= 0.3 is 0 Å². The summed E-state index contributed by atoms with van der Waals surface area (Å²) < 4.78 is 5.38. The number of nitriles is 1. The van der Waals surface area contributed by atoms with Gasteiger partial charge in [0.1, 0.15) is 5.75 Å². The molecule has 4 heteroatoms. The number of rotatable bonds is 6. The lowest BCUT2D eigenvalue weighted by molar-refractivity contribution is 0.340. The third kappa shape index (κ3) is 3.16. The number of hydrogen-bond acceptors (Lipinski definition) is 3. The van der Waals surface area contributed by atoms with Crippen LogP contribution in [0.5, 0.6) is 5.75 Å². The minimum atomic E-state index is -0.102. The van der Waals surface area contributed by atoms with E-state index in [1.165, 1.54) is 0 Å². The summed E-state index contributed by atoms with van der Waals surface area (Å²) in [6.45, 7) is 4.04. The average Bonchev–Trinajstić information content (AvgIpc) is 3.13. The Hall–Kier alpha value is -1.24. The third-order valence-corrected chi connectivity index (χ3v) is 3.47. The molecule has 1 N–H and O–H groups in total. The molecular weight excluding hydrogens is 248 g/mol. The van der Waals surface area contributed by atoms with E-state index >= 15 is 0 Å². The molecule has 0 heterocycles. The molecule has 0 amide bonds. The highest BCUT2D eigenvalue weighted by molar-refractivity contribution is 6.32. The van der Waals surface area contributed by atoms with Gasteiger partial charge in [0.2, 0.25) is 0 Å². The lowest BCUT2D eigenvalue weighted by Crippen LogP contribution is -2.22. The average molecular weight is 265 g/mol. The van der Waals surface area contributed by atoms with Crippen LogP contribution < -0.4 is 10.1 Å². The predicted octanol–water partition coefficient (Wildman–Crippen LogP) is 3.13. The second-order valence-electron chi connectivity index (χ2n) is 4.69. The molecule has 1 fully saturated rings. The summed E-state index contributed by atoms with van der Waals surface area (Å²) in [5.41, 5.74) is 1.01. The van der Waals surface area contributed by atoms with Crippen molar-refractivity contribution in [1.82, 2.24) is 5.32 Å². The summed E-state index contributed by atoms with van der Waals surface area (Å²) in [6, 6.07) is 8.16. The largest absolute Gasteiger partial charge is 0.492 e. The SMILES string of the molecule is CCOc1ccc(CNCC2(C#N)CC2)cc1Cl. The van der Waals surface area contributed by atoms with Crippen molar-refractivity contribution in [1.29, 1.82) is 5.26 Å². The van der Waals surface area contributed by atoms with Gasteiger partial charge in [-0.25, -0.2) is 0 Å². The molecule has 0 atom stereocenters. The van der Waals surface area contributed by atoms with Crippen LogP contribution in [-0.4, -0.2) is 13.2 Å². The maximum atomic E-state index is 8.97. The molecular formula is C14H17ClN2O. The van der Waals surface area contributed by atoms with Crippen molar-refractivity contribution in [3.63, 3.8) is 0 Å². The Balaban J connectivity index is 1.86. The molecule has 1 aliphatic carbocycles. The van der Waals surface area contributed by atoms with E-state index in [0.29, 0.717) is 11.6 Å². The van der Waals surface area contributed by atoms with Gasteiger partial charge in [-0.1, -0.05) is 17.7 Å². The van der Waals surface area contributed by atoms with Gasteiger partial charge in [-0.2, -0.15) is 5.26 Å². The number of benzene rings is 1. The number of nitrogens with zero attached hydrogens (tertiary/aromatic N) is 1. The van der Waals surface area contributed by atoms with Crippen molar-refractivity contribution in [2.45, 2.75) is 26.3 Å². The quantitative estimate of drug-likeness (QED) is 0.859. The van der Waals surface area contributed by atoms with Gasteiger partial charge in [0.15, 0.2) is 0 Å². The van der Waals surface area contributed by atoms with Crippen molar-refractivity contribution in [2.75, 3.05) is 13.2 Å². The van der Waals surface area contributed by atoms with Gasteiger partial charge < -0.3 is 10.1 Å². The Morgan fingerprint density at radius 2 is 2.28 bits per heavy atom. The Bertz CT molecular complexity index is 463. The smallest absolute Gasteiger partial charge is 0.137 e. The molecule has 1 aromatic carbocycles. The van der Waals surface area contributed by atoms with E-state index in [1.807, 2.05) is 25.1 Å². The zero-order valence-electron chi connectivity index (χ0n) is 10.5. The molecule has 0 aromatic heterocycles. The predicted molar refractivity (Wildman–Crippen MR) is 71.6 cm³/mol. The number of ether oxygens (including phenoxy) is 1. The zero-order valence-corrected chi connectivity index (χ0v) is 11.3. The number of halogens is 1. The topological polar surface area (TPSA) is 45.0 Å². The Morgan fingerprint density at radius 3 is 2.83 bits per heavy atom. The van der Waals surface area contributed by atoms with E-state index in [-0.39, 0.29) is 5.41 Å². The summed E-state index contributed by atoms with van der Waals surface area (Å²) in [7, 11) is 0. The lowest BCUT2D eigenvalue weighted by atomic mass is 10.1. The highest BCUT2D eigenvalue weighted by Gasteiger charge is 2.42. The molecule has 1 saturated carbocycles. The summed E-state index contributed by atoms with van der Waals surface area (Å²) in [5, 5.41) is 12.9. The molecule has 0 bridgehead atoms. The van der Waals surface area contributed by atoms with Gasteiger partial charge in [0.25, 0.3) is 0 Å². The fourth-order valence-corrected chi connectivity index (χ4v) is 2.11. The standard InChI is InChI=1S/C14H17ClN2O/c1-2-18-13-4-3-11(7-12(13)15)8-17-10-14(9-16)5-6-14/h3-4,7,17H,2,5-6,8,10H2,1H3. The third-order valence-electron chi connectivity index (χ3n) is 3.18. The van der Waals surface area contributed by atoms with Crippen molar-refractivity contribution >= 4 is 11.6 Å². The summed E-state index contributed by atoms with van der Waals surface area (Å²) in [6.07, 6.45) is 2.03. The summed E-state index contributed by atoms with van der Waals surface area (Å²) >= 11 is 6.11. The molecule has 3 nitrogen and oxygen atoms in total. The maximum Gasteiger partial charge on any atom is 0.137 e. The second kappa shape index (κ2) is 5.60. The van der Waals surface area contributed by atoms with Gasteiger partial charge in [0.05, 0.1) is 23.1 Å². The molecule has 0 unspecified atom stereocenters. The van der Waals surface area contributed by atoms with Crippen LogP contribution in [0.1, 0.15) is 25.3 Å². The van der Waals surface area contributed by atoms with Crippen LogP contribution in [0.15, 0.2) is 18.2 Å².